The number of likely N-dealkylation sites (tertiary alicyclic amines) is 1. The number of aromatic nitrogens is 7. The van der Waals surface area contributed by atoms with E-state index in [1.165, 1.54) is 37.0 Å². The van der Waals surface area contributed by atoms with Crippen molar-refractivity contribution in [3.05, 3.63) is 66.5 Å². The summed E-state index contributed by atoms with van der Waals surface area (Å²) in [6, 6.07) is 10.5. The van der Waals surface area contributed by atoms with Gasteiger partial charge >= 0.3 is 0 Å². The van der Waals surface area contributed by atoms with Crippen LogP contribution in [-0.2, 0) is 20.0 Å². The normalized spacial score (nSPS) is 14.8. The lowest BCUT2D eigenvalue weighted by atomic mass is 10.1. The number of fused-ring (bicyclic) bond motifs is 2. The second-order valence-corrected chi connectivity index (χ2v) is 8.63. The highest BCUT2D eigenvalue weighted by molar-refractivity contribution is 5.76. The Balaban J connectivity index is 1.28. The molecule has 1 aliphatic heterocycles. The molecule has 1 aliphatic rings. The van der Waals surface area contributed by atoms with Gasteiger partial charge in [-0.1, -0.05) is 6.07 Å². The van der Waals surface area contributed by atoms with Crippen LogP contribution in [0.5, 0.6) is 0 Å². The zero-order valence-corrected chi connectivity index (χ0v) is 18.2. The maximum absolute atomic E-state index is 4.84. The third-order valence-electron chi connectivity index (χ3n) is 6.36. The Hall–Kier alpha value is -3.52. The minimum Gasteiger partial charge on any atom is -0.329 e. The molecule has 0 bridgehead atoms. The molecule has 0 spiro atoms. The largest absolute Gasteiger partial charge is 0.329 e. The molecule has 32 heavy (non-hydrogen) atoms. The molecule has 8 nitrogen and oxygen atoms in total. The van der Waals surface area contributed by atoms with Crippen LogP contribution < -0.4 is 0 Å². The number of aryl methyl sites for hydroxylation is 1. The van der Waals surface area contributed by atoms with Crippen molar-refractivity contribution in [3.63, 3.8) is 0 Å². The number of nitrogens with zero attached hydrogens (tertiary/aromatic N) is 8. The van der Waals surface area contributed by atoms with Crippen LogP contribution in [-0.4, -0.2) is 58.5 Å². The first-order chi connectivity index (χ1) is 15.7. The summed E-state index contributed by atoms with van der Waals surface area (Å²) < 4.78 is 6.01. The molecule has 6 rings (SSSR count). The standard InChI is InChI=1S/C24H26N8/c1-29-16-19(14-27-29)21-6-7-24-25-15-20(32(24)28-21)12-18-4-5-22-23(13-18)31(17-26-22)11-10-30-8-2-3-9-30/h4-7,13-17H,2-3,8-12H2,1H3. The van der Waals surface area contributed by atoms with Gasteiger partial charge in [-0.25, -0.2) is 14.5 Å². The summed E-state index contributed by atoms with van der Waals surface area (Å²) in [5.74, 6) is 0. The fourth-order valence-corrected chi connectivity index (χ4v) is 4.60. The molecule has 0 unspecified atom stereocenters. The van der Waals surface area contributed by atoms with E-state index >= 15 is 0 Å². The molecule has 5 heterocycles. The minimum absolute atomic E-state index is 0.762. The number of hydrogen-bond donors (Lipinski definition) is 0. The number of hydrogen-bond acceptors (Lipinski definition) is 5. The molecule has 1 fully saturated rings. The molecular weight excluding hydrogens is 400 g/mol. The van der Waals surface area contributed by atoms with E-state index in [1.807, 2.05) is 48.6 Å². The van der Waals surface area contributed by atoms with E-state index in [-0.39, 0.29) is 0 Å². The maximum Gasteiger partial charge on any atom is 0.153 e. The lowest BCUT2D eigenvalue weighted by Gasteiger charge is -2.15. The van der Waals surface area contributed by atoms with Gasteiger partial charge in [0, 0.05) is 38.3 Å². The highest BCUT2D eigenvalue weighted by Gasteiger charge is 2.13. The van der Waals surface area contributed by atoms with Crippen molar-refractivity contribution in [2.75, 3.05) is 19.6 Å². The Bertz CT molecular complexity index is 1390. The van der Waals surface area contributed by atoms with Gasteiger partial charge in [-0.2, -0.15) is 10.2 Å². The molecule has 0 radical (unpaired) electrons. The number of imidazole rings is 2. The summed E-state index contributed by atoms with van der Waals surface area (Å²) in [5, 5.41) is 9.10. The third-order valence-corrected chi connectivity index (χ3v) is 6.36. The topological polar surface area (TPSA) is 69.1 Å². The number of benzene rings is 1. The van der Waals surface area contributed by atoms with Gasteiger partial charge in [0.2, 0.25) is 0 Å². The monoisotopic (exact) mass is 426 g/mol. The molecule has 1 saturated heterocycles. The summed E-state index contributed by atoms with van der Waals surface area (Å²) in [5.41, 5.74) is 7.27. The highest BCUT2D eigenvalue weighted by atomic mass is 15.3. The molecule has 8 heteroatoms. The van der Waals surface area contributed by atoms with Crippen LogP contribution in [0.15, 0.2) is 55.2 Å². The average Bonchev–Trinajstić information content (AvgIpc) is 3.60. The molecule has 1 aromatic carbocycles. The zero-order valence-electron chi connectivity index (χ0n) is 18.2. The quantitative estimate of drug-likeness (QED) is 0.417. The van der Waals surface area contributed by atoms with Gasteiger partial charge in [0.25, 0.3) is 0 Å². The van der Waals surface area contributed by atoms with E-state index in [0.29, 0.717) is 0 Å². The van der Waals surface area contributed by atoms with Crippen molar-refractivity contribution in [1.82, 2.24) is 38.8 Å². The van der Waals surface area contributed by atoms with Crippen molar-refractivity contribution in [1.29, 1.82) is 0 Å². The molecule has 0 amide bonds. The summed E-state index contributed by atoms with van der Waals surface area (Å²) in [6.45, 7) is 4.51. The van der Waals surface area contributed by atoms with Gasteiger partial charge < -0.3 is 9.47 Å². The molecule has 5 aromatic rings. The maximum atomic E-state index is 4.84. The first kappa shape index (κ1) is 19.2. The molecule has 0 saturated carbocycles. The minimum atomic E-state index is 0.762. The molecule has 0 N–H and O–H groups in total. The van der Waals surface area contributed by atoms with Crippen molar-refractivity contribution < 1.29 is 0 Å². The van der Waals surface area contributed by atoms with E-state index < -0.39 is 0 Å². The Labute approximate surface area is 186 Å². The second kappa shape index (κ2) is 7.87. The van der Waals surface area contributed by atoms with Crippen LogP contribution in [0.4, 0.5) is 0 Å². The summed E-state index contributed by atoms with van der Waals surface area (Å²) >= 11 is 0. The van der Waals surface area contributed by atoms with Gasteiger partial charge in [0.05, 0.1) is 41.1 Å². The van der Waals surface area contributed by atoms with Crippen molar-refractivity contribution >= 4 is 16.7 Å². The van der Waals surface area contributed by atoms with E-state index in [0.717, 1.165) is 47.6 Å². The zero-order chi connectivity index (χ0) is 21.5. The lowest BCUT2D eigenvalue weighted by molar-refractivity contribution is 0.324. The third kappa shape index (κ3) is 3.56. The highest BCUT2D eigenvalue weighted by Crippen LogP contribution is 2.21. The van der Waals surface area contributed by atoms with Crippen LogP contribution in [0.25, 0.3) is 27.9 Å². The fraction of sp³-hybridized carbons (Fsp3) is 0.333. The van der Waals surface area contributed by atoms with Crippen LogP contribution in [0.3, 0.4) is 0 Å². The predicted octanol–water partition coefficient (Wildman–Crippen LogP) is 3.17. The Morgan fingerprint density at radius 3 is 2.72 bits per heavy atom. The summed E-state index contributed by atoms with van der Waals surface area (Å²) in [6.07, 6.45) is 11.1. The summed E-state index contributed by atoms with van der Waals surface area (Å²) in [7, 11) is 1.91. The van der Waals surface area contributed by atoms with Gasteiger partial charge in [-0.05, 0) is 55.8 Å². The Morgan fingerprint density at radius 1 is 0.969 bits per heavy atom. The van der Waals surface area contributed by atoms with Crippen molar-refractivity contribution in [3.8, 4) is 11.3 Å². The molecule has 4 aromatic heterocycles. The molecule has 0 atom stereocenters. The van der Waals surface area contributed by atoms with Crippen molar-refractivity contribution in [2.45, 2.75) is 25.8 Å². The van der Waals surface area contributed by atoms with E-state index in [1.54, 1.807) is 4.68 Å². The van der Waals surface area contributed by atoms with Gasteiger partial charge in [0.1, 0.15) is 0 Å². The van der Waals surface area contributed by atoms with E-state index in [4.69, 9.17) is 5.10 Å². The summed E-state index contributed by atoms with van der Waals surface area (Å²) in [4.78, 5) is 11.7. The molecular formula is C24H26N8. The predicted molar refractivity (Wildman–Crippen MR) is 123 cm³/mol. The van der Waals surface area contributed by atoms with Crippen LogP contribution in [0.2, 0.25) is 0 Å². The van der Waals surface area contributed by atoms with Crippen molar-refractivity contribution in [2.24, 2.45) is 7.05 Å². The van der Waals surface area contributed by atoms with Gasteiger partial charge in [-0.15, -0.1) is 0 Å². The van der Waals surface area contributed by atoms with Crippen LogP contribution in [0, 0.1) is 0 Å². The smallest absolute Gasteiger partial charge is 0.153 e. The van der Waals surface area contributed by atoms with Gasteiger partial charge in [0.15, 0.2) is 5.65 Å². The first-order valence-corrected chi connectivity index (χ1v) is 11.2. The molecule has 0 aliphatic carbocycles. The first-order valence-electron chi connectivity index (χ1n) is 11.2. The van der Waals surface area contributed by atoms with E-state index in [2.05, 4.69) is 42.7 Å². The molecule has 162 valence electrons. The lowest BCUT2D eigenvalue weighted by Crippen LogP contribution is -2.23. The van der Waals surface area contributed by atoms with Crippen LogP contribution in [0.1, 0.15) is 24.1 Å². The van der Waals surface area contributed by atoms with Crippen LogP contribution >= 0.6 is 0 Å². The van der Waals surface area contributed by atoms with E-state index in [9.17, 15) is 0 Å². The Kier molecular flexibility index (Phi) is 4.72. The second-order valence-electron chi connectivity index (χ2n) is 8.63. The Morgan fingerprint density at radius 2 is 1.88 bits per heavy atom. The average molecular weight is 427 g/mol. The SMILES string of the molecule is Cn1cc(-c2ccc3ncc(Cc4ccc5ncn(CCN6CCCC6)c5c4)n3n2)cn1. The number of rotatable bonds is 6. The fourth-order valence-electron chi connectivity index (χ4n) is 4.60. The van der Waals surface area contributed by atoms with Gasteiger partial charge in [-0.3, -0.25) is 4.68 Å².